The first kappa shape index (κ1) is 15.3. The molecule has 1 fully saturated rings. The van der Waals surface area contributed by atoms with Crippen molar-refractivity contribution in [1.82, 2.24) is 9.62 Å². The molecule has 1 aliphatic rings. The summed E-state index contributed by atoms with van der Waals surface area (Å²) in [7, 11) is -3.89. The van der Waals surface area contributed by atoms with Gasteiger partial charge >= 0.3 is 0 Å². The van der Waals surface area contributed by atoms with Gasteiger partial charge in [0.1, 0.15) is 11.6 Å². The highest BCUT2D eigenvalue weighted by Gasteiger charge is 2.17. The third-order valence-electron chi connectivity index (χ3n) is 2.97. The Bertz CT molecular complexity index is 540. The fourth-order valence-corrected chi connectivity index (χ4v) is 2.99. The molecular formula is C12H16F2N2O3S. The molecule has 1 aliphatic heterocycles. The quantitative estimate of drug-likeness (QED) is 0.864. The molecule has 0 radical (unpaired) electrons. The van der Waals surface area contributed by atoms with Crippen LogP contribution in [0.3, 0.4) is 0 Å². The highest BCUT2D eigenvalue weighted by Crippen LogP contribution is 2.13. The van der Waals surface area contributed by atoms with E-state index in [0.29, 0.717) is 25.8 Å². The van der Waals surface area contributed by atoms with Crippen LogP contribution in [-0.4, -0.2) is 52.7 Å². The molecule has 0 atom stereocenters. The van der Waals surface area contributed by atoms with Gasteiger partial charge in [-0.25, -0.2) is 21.9 Å². The molecule has 1 N–H and O–H groups in total. The number of sulfonamides is 1. The minimum Gasteiger partial charge on any atom is -0.379 e. The Balaban J connectivity index is 1.93. The molecule has 0 spiro atoms. The second-order valence-corrected chi connectivity index (χ2v) is 6.22. The summed E-state index contributed by atoms with van der Waals surface area (Å²) in [5, 5.41) is 0. The van der Waals surface area contributed by atoms with Crippen molar-refractivity contribution in [2.24, 2.45) is 0 Å². The topological polar surface area (TPSA) is 58.6 Å². The molecule has 0 unspecified atom stereocenters. The molecule has 5 nitrogen and oxygen atoms in total. The van der Waals surface area contributed by atoms with Crippen molar-refractivity contribution in [2.45, 2.75) is 4.90 Å². The molecule has 112 valence electrons. The summed E-state index contributed by atoms with van der Waals surface area (Å²) in [5.41, 5.74) is 0. The molecule has 0 bridgehead atoms. The second-order valence-electron chi connectivity index (χ2n) is 4.46. The van der Waals surface area contributed by atoms with Crippen molar-refractivity contribution in [2.75, 3.05) is 39.4 Å². The zero-order valence-electron chi connectivity index (χ0n) is 10.8. The minimum atomic E-state index is -3.89. The number of halogens is 2. The zero-order valence-corrected chi connectivity index (χ0v) is 11.6. The van der Waals surface area contributed by atoms with Crippen molar-refractivity contribution in [3.8, 4) is 0 Å². The Morgan fingerprint density at radius 3 is 2.35 bits per heavy atom. The molecule has 2 rings (SSSR count). The van der Waals surface area contributed by atoms with Gasteiger partial charge in [0.15, 0.2) is 0 Å². The van der Waals surface area contributed by atoms with Gasteiger partial charge in [0.05, 0.1) is 18.1 Å². The SMILES string of the molecule is O=S(=O)(NCCN1CCOCC1)c1cc(F)cc(F)c1. The van der Waals surface area contributed by atoms with Gasteiger partial charge in [0, 0.05) is 32.2 Å². The number of ether oxygens (including phenoxy) is 1. The second kappa shape index (κ2) is 6.57. The maximum absolute atomic E-state index is 13.0. The summed E-state index contributed by atoms with van der Waals surface area (Å²) in [6.45, 7) is 3.46. The monoisotopic (exact) mass is 306 g/mol. The molecule has 1 saturated heterocycles. The van der Waals surface area contributed by atoms with Gasteiger partial charge in [-0.3, -0.25) is 4.90 Å². The van der Waals surface area contributed by atoms with E-state index in [-0.39, 0.29) is 6.54 Å². The van der Waals surface area contributed by atoms with E-state index in [9.17, 15) is 17.2 Å². The molecule has 1 heterocycles. The number of hydrogen-bond acceptors (Lipinski definition) is 4. The lowest BCUT2D eigenvalue weighted by Gasteiger charge is -2.26. The van der Waals surface area contributed by atoms with Crippen LogP contribution in [0.1, 0.15) is 0 Å². The largest absolute Gasteiger partial charge is 0.379 e. The van der Waals surface area contributed by atoms with Gasteiger partial charge in [-0.1, -0.05) is 0 Å². The van der Waals surface area contributed by atoms with E-state index in [1.807, 2.05) is 0 Å². The fraction of sp³-hybridized carbons (Fsp3) is 0.500. The van der Waals surface area contributed by atoms with E-state index in [4.69, 9.17) is 4.74 Å². The fourth-order valence-electron chi connectivity index (χ4n) is 1.93. The Labute approximate surface area is 116 Å². The lowest BCUT2D eigenvalue weighted by molar-refractivity contribution is 0.0390. The predicted octanol–water partition coefficient (Wildman–Crippen LogP) is 0.575. The summed E-state index contributed by atoms with van der Waals surface area (Å²) in [6.07, 6.45) is 0. The molecule has 0 aromatic heterocycles. The van der Waals surface area contributed by atoms with Crippen molar-refractivity contribution in [3.63, 3.8) is 0 Å². The van der Waals surface area contributed by atoms with E-state index in [0.717, 1.165) is 25.2 Å². The van der Waals surface area contributed by atoms with Gasteiger partial charge in [-0.05, 0) is 12.1 Å². The van der Waals surface area contributed by atoms with Gasteiger partial charge in [0.2, 0.25) is 10.0 Å². The van der Waals surface area contributed by atoms with Crippen molar-refractivity contribution in [1.29, 1.82) is 0 Å². The van der Waals surface area contributed by atoms with E-state index in [1.165, 1.54) is 0 Å². The number of hydrogen-bond donors (Lipinski definition) is 1. The van der Waals surface area contributed by atoms with Crippen molar-refractivity contribution < 1.29 is 21.9 Å². The van der Waals surface area contributed by atoms with Crippen molar-refractivity contribution >= 4 is 10.0 Å². The predicted molar refractivity (Wildman–Crippen MR) is 68.8 cm³/mol. The number of nitrogens with one attached hydrogen (secondary N) is 1. The Morgan fingerprint density at radius 1 is 1.15 bits per heavy atom. The lowest BCUT2D eigenvalue weighted by atomic mass is 10.3. The van der Waals surface area contributed by atoms with Crippen LogP contribution in [0.25, 0.3) is 0 Å². The van der Waals surface area contributed by atoms with E-state index < -0.39 is 26.6 Å². The third-order valence-corrected chi connectivity index (χ3v) is 4.41. The van der Waals surface area contributed by atoms with Crippen LogP contribution in [0.5, 0.6) is 0 Å². The van der Waals surface area contributed by atoms with E-state index in [2.05, 4.69) is 9.62 Å². The maximum atomic E-state index is 13.0. The Morgan fingerprint density at radius 2 is 1.75 bits per heavy atom. The first-order valence-electron chi connectivity index (χ1n) is 6.23. The van der Waals surface area contributed by atoms with Crippen LogP contribution >= 0.6 is 0 Å². The Hall–Kier alpha value is -1.09. The van der Waals surface area contributed by atoms with Gasteiger partial charge in [-0.15, -0.1) is 0 Å². The first-order valence-corrected chi connectivity index (χ1v) is 7.71. The van der Waals surface area contributed by atoms with Gasteiger partial charge in [0.25, 0.3) is 0 Å². The van der Waals surface area contributed by atoms with Crippen molar-refractivity contribution in [3.05, 3.63) is 29.8 Å². The zero-order chi connectivity index (χ0) is 14.6. The van der Waals surface area contributed by atoms with E-state index in [1.54, 1.807) is 0 Å². The summed E-state index contributed by atoms with van der Waals surface area (Å²) in [4.78, 5) is 1.65. The molecule has 1 aromatic carbocycles. The molecule has 20 heavy (non-hydrogen) atoms. The smallest absolute Gasteiger partial charge is 0.240 e. The molecule has 8 heteroatoms. The molecule has 0 saturated carbocycles. The van der Waals surface area contributed by atoms with Crippen LogP contribution in [0, 0.1) is 11.6 Å². The third kappa shape index (κ3) is 4.20. The number of benzene rings is 1. The summed E-state index contributed by atoms with van der Waals surface area (Å²) >= 11 is 0. The van der Waals surface area contributed by atoms with Crippen LogP contribution in [0.2, 0.25) is 0 Å². The van der Waals surface area contributed by atoms with Crippen LogP contribution in [-0.2, 0) is 14.8 Å². The number of nitrogens with zero attached hydrogens (tertiary/aromatic N) is 1. The minimum absolute atomic E-state index is 0.181. The first-order chi connectivity index (χ1) is 9.47. The molecular weight excluding hydrogens is 290 g/mol. The maximum Gasteiger partial charge on any atom is 0.240 e. The van der Waals surface area contributed by atoms with Gasteiger partial charge in [-0.2, -0.15) is 0 Å². The normalized spacial score (nSPS) is 17.3. The summed E-state index contributed by atoms with van der Waals surface area (Å²) in [6, 6.07) is 2.22. The number of morpholine rings is 1. The summed E-state index contributed by atoms with van der Waals surface area (Å²) in [5.74, 6) is -1.84. The highest BCUT2D eigenvalue weighted by molar-refractivity contribution is 7.89. The standard InChI is InChI=1S/C12H16F2N2O3S/c13-10-7-11(14)9-12(8-10)20(17,18)15-1-2-16-3-5-19-6-4-16/h7-9,15H,1-6H2. The molecule has 1 aromatic rings. The van der Waals surface area contributed by atoms with Crippen LogP contribution in [0.15, 0.2) is 23.1 Å². The highest BCUT2D eigenvalue weighted by atomic mass is 32.2. The van der Waals surface area contributed by atoms with Crippen LogP contribution < -0.4 is 4.72 Å². The lowest BCUT2D eigenvalue weighted by Crippen LogP contribution is -2.41. The van der Waals surface area contributed by atoms with Crippen LogP contribution in [0.4, 0.5) is 8.78 Å². The molecule has 0 aliphatic carbocycles. The van der Waals surface area contributed by atoms with Gasteiger partial charge < -0.3 is 4.74 Å². The van der Waals surface area contributed by atoms with E-state index >= 15 is 0 Å². The molecule has 0 amide bonds. The number of rotatable bonds is 5. The summed E-state index contributed by atoms with van der Waals surface area (Å²) < 4.78 is 57.3. The average Bonchev–Trinajstić information content (AvgIpc) is 2.38. The Kier molecular flexibility index (Phi) is 5.03. The average molecular weight is 306 g/mol.